The maximum Gasteiger partial charge on any atom is -0.109 e. The van der Waals surface area contributed by atoms with Gasteiger partial charge in [0.15, 0.2) is 0 Å². The molecule has 0 amide bonds. The molecule has 4 aromatic rings. The molecule has 3 heteroatoms. The van der Waals surface area contributed by atoms with Crippen molar-refractivity contribution in [1.82, 2.24) is 0 Å². The van der Waals surface area contributed by atoms with Crippen molar-refractivity contribution in [3.8, 4) is 11.1 Å². The summed E-state index contributed by atoms with van der Waals surface area (Å²) < 4.78 is 1.42. The van der Waals surface area contributed by atoms with E-state index in [4.69, 9.17) is 0 Å². The zero-order valence-electron chi connectivity index (χ0n) is 29.3. The molecule has 0 heterocycles. The summed E-state index contributed by atoms with van der Waals surface area (Å²) in [5.74, 6) is 0. The van der Waals surface area contributed by atoms with Gasteiger partial charge in [0.05, 0.1) is 0 Å². The van der Waals surface area contributed by atoms with Crippen molar-refractivity contribution >= 4 is 3.21 Å². The van der Waals surface area contributed by atoms with Gasteiger partial charge in [0, 0.05) is 0 Å². The Kier molecular flexibility index (Phi) is 14.5. The normalized spacial score (nSPS) is 12.4. The minimum absolute atomic E-state index is 0. The fourth-order valence-corrected chi connectivity index (χ4v) is 6.79. The van der Waals surface area contributed by atoms with Gasteiger partial charge >= 0.3 is 112 Å². The molecule has 0 radical (unpaired) electrons. The van der Waals surface area contributed by atoms with E-state index in [1.165, 1.54) is 94.2 Å². The maximum atomic E-state index is 3.69. The molecule has 0 saturated heterocycles. The minimum atomic E-state index is 0. The Bertz CT molecular complexity index is 1570. The summed E-state index contributed by atoms with van der Waals surface area (Å²) in [6.45, 7) is 22.5. The van der Waals surface area contributed by atoms with Gasteiger partial charge in [0.2, 0.25) is 0 Å². The van der Waals surface area contributed by atoms with Gasteiger partial charge in [-0.25, -0.2) is 12.2 Å². The monoisotopic (exact) mass is 724 g/mol. The Morgan fingerprint density at radius 1 is 0.674 bits per heavy atom. The number of rotatable bonds is 2. The van der Waals surface area contributed by atoms with E-state index in [1.54, 1.807) is 0 Å². The molecule has 0 aliphatic heterocycles. The SMILES string of the molecule is Cc1[c-]c2c(cc1C(C)(C)C)-c1cc(C(C)(C)C)c(C)cc1C2.Cc1ccc([C](=[Zr+2])c2ccc(C)cc2)cc1.[C-]1=CC=CC1.[Cl-].[Cl-]. The molecule has 240 valence electrons. The van der Waals surface area contributed by atoms with Crippen molar-refractivity contribution in [2.24, 2.45) is 0 Å². The molecule has 46 heavy (non-hydrogen) atoms. The average molecular weight is 727 g/mol. The van der Waals surface area contributed by atoms with Crippen molar-refractivity contribution in [3.05, 3.63) is 153 Å². The van der Waals surface area contributed by atoms with Crippen LogP contribution in [0.1, 0.15) is 104 Å². The fourth-order valence-electron chi connectivity index (χ4n) is 5.97. The molecule has 2 aliphatic rings. The summed E-state index contributed by atoms with van der Waals surface area (Å²) >= 11 is 1.46. The van der Waals surface area contributed by atoms with Gasteiger partial charge in [-0.1, -0.05) is 71.6 Å². The number of fused-ring (bicyclic) bond motifs is 3. The molecule has 0 spiro atoms. The van der Waals surface area contributed by atoms with Gasteiger partial charge in [-0.15, -0.1) is 23.1 Å². The first-order valence-corrected chi connectivity index (χ1v) is 17.0. The first-order valence-electron chi connectivity index (χ1n) is 15.8. The summed E-state index contributed by atoms with van der Waals surface area (Å²) in [6, 6.07) is 28.5. The number of aryl methyl sites for hydroxylation is 4. The number of halogens is 2. The molecular weight excluding hydrogens is 679 g/mol. The number of benzene rings is 4. The van der Waals surface area contributed by atoms with Crippen LogP contribution >= 0.6 is 0 Å². The quantitative estimate of drug-likeness (QED) is 0.225. The summed E-state index contributed by atoms with van der Waals surface area (Å²) in [5.41, 5.74) is 16.9. The van der Waals surface area contributed by atoms with E-state index in [0.29, 0.717) is 0 Å². The van der Waals surface area contributed by atoms with Crippen LogP contribution in [0.4, 0.5) is 0 Å². The second-order valence-electron chi connectivity index (χ2n) is 14.3. The molecular formula is C43H48Cl2Zr-2. The Morgan fingerprint density at radius 3 is 1.59 bits per heavy atom. The van der Waals surface area contributed by atoms with Gasteiger partial charge < -0.3 is 24.8 Å². The summed E-state index contributed by atoms with van der Waals surface area (Å²) in [7, 11) is 0. The Hall–Kier alpha value is -2.31. The Morgan fingerprint density at radius 2 is 1.17 bits per heavy atom. The summed E-state index contributed by atoms with van der Waals surface area (Å²) in [5, 5.41) is 0. The molecule has 0 unspecified atom stereocenters. The van der Waals surface area contributed by atoms with E-state index in [9.17, 15) is 0 Å². The second-order valence-corrected chi connectivity index (χ2v) is 15.5. The molecule has 0 fully saturated rings. The van der Waals surface area contributed by atoms with Crippen molar-refractivity contribution in [2.75, 3.05) is 0 Å². The zero-order valence-corrected chi connectivity index (χ0v) is 33.2. The third-order valence-corrected chi connectivity index (χ3v) is 9.77. The molecule has 0 aromatic heterocycles. The standard InChI is InChI=1S/C23H29.C15H14.C5H5.2ClH.Zr/c1-14-9-16-11-17-10-15(2)21(23(6,7)8)13-19(17)18(16)12-20(14)22(3,4)5;1-12-3-7-14(8-4-12)11-15-9-5-13(2)6-10-15;1-2-4-5-3-1;;;/h9,12-13H,11H2,1-8H3;3-10H,1-2H3;1-3H,4H2;2*1H;/q-1;;-1;;;+2/p-2. The second kappa shape index (κ2) is 16.7. The first kappa shape index (κ1) is 39.9. The third-order valence-electron chi connectivity index (χ3n) is 8.35. The van der Waals surface area contributed by atoms with Crippen LogP contribution in [-0.4, -0.2) is 3.21 Å². The minimum Gasteiger partial charge on any atom is -1.00 e. The van der Waals surface area contributed by atoms with E-state index in [-0.39, 0.29) is 35.6 Å². The third kappa shape index (κ3) is 10.1. The fraction of sp³-hybridized carbons (Fsp3) is 0.326. The van der Waals surface area contributed by atoms with Gasteiger partial charge in [-0.05, 0) is 35.4 Å². The van der Waals surface area contributed by atoms with Crippen LogP contribution < -0.4 is 24.8 Å². The predicted octanol–water partition coefficient (Wildman–Crippen LogP) is 5.00. The number of allylic oxidation sites excluding steroid dienone is 4. The van der Waals surface area contributed by atoms with Crippen LogP contribution in [-0.2, 0) is 41.5 Å². The van der Waals surface area contributed by atoms with Crippen LogP contribution in [0.25, 0.3) is 11.1 Å². The first-order chi connectivity index (χ1) is 20.6. The largest absolute Gasteiger partial charge is 1.00 e. The molecule has 0 saturated carbocycles. The maximum absolute atomic E-state index is 3.69. The van der Waals surface area contributed by atoms with Crippen molar-refractivity contribution in [2.45, 2.75) is 92.9 Å². The Balaban J connectivity index is 0.000000278. The summed E-state index contributed by atoms with van der Waals surface area (Å²) in [4.78, 5) is 0. The van der Waals surface area contributed by atoms with Crippen LogP contribution in [0, 0.1) is 39.8 Å². The molecule has 0 N–H and O–H groups in total. The summed E-state index contributed by atoms with van der Waals surface area (Å²) in [6.07, 6.45) is 11.0. The van der Waals surface area contributed by atoms with Crippen LogP contribution in [0.2, 0.25) is 0 Å². The van der Waals surface area contributed by atoms with Crippen molar-refractivity contribution in [3.63, 3.8) is 0 Å². The van der Waals surface area contributed by atoms with E-state index >= 15 is 0 Å². The van der Waals surface area contributed by atoms with Crippen molar-refractivity contribution < 1.29 is 49.0 Å². The van der Waals surface area contributed by atoms with Crippen molar-refractivity contribution in [1.29, 1.82) is 0 Å². The van der Waals surface area contributed by atoms with Crippen LogP contribution in [0.5, 0.6) is 0 Å². The molecule has 0 atom stereocenters. The number of hydrogen-bond donors (Lipinski definition) is 0. The van der Waals surface area contributed by atoms with Gasteiger partial charge in [0.25, 0.3) is 0 Å². The van der Waals surface area contributed by atoms with Gasteiger partial charge in [-0.2, -0.15) is 23.8 Å². The average Bonchev–Trinajstić information content (AvgIpc) is 3.63. The molecule has 6 rings (SSSR count). The molecule has 2 aliphatic carbocycles. The smallest absolute Gasteiger partial charge is 0.109 e. The molecule has 4 aromatic carbocycles. The zero-order chi connectivity index (χ0) is 32.2. The molecule has 0 nitrogen and oxygen atoms in total. The van der Waals surface area contributed by atoms with E-state index < -0.39 is 0 Å². The van der Waals surface area contributed by atoms with Gasteiger partial charge in [-0.3, -0.25) is 6.08 Å². The van der Waals surface area contributed by atoms with E-state index in [0.717, 1.165) is 12.8 Å². The Labute approximate surface area is 307 Å². The predicted molar refractivity (Wildman–Crippen MR) is 188 cm³/mol. The van der Waals surface area contributed by atoms with Gasteiger partial charge in [0.1, 0.15) is 0 Å². The molecule has 0 bridgehead atoms. The van der Waals surface area contributed by atoms with E-state index in [2.05, 4.69) is 154 Å². The number of hydrogen-bond acceptors (Lipinski definition) is 0. The van der Waals surface area contributed by atoms with E-state index in [1.807, 2.05) is 12.2 Å². The van der Waals surface area contributed by atoms with Crippen LogP contribution in [0.3, 0.4) is 0 Å². The topological polar surface area (TPSA) is 0 Å². The van der Waals surface area contributed by atoms with Crippen LogP contribution in [0.15, 0.2) is 85.0 Å².